The molecule has 0 spiro atoms. The van der Waals surface area contributed by atoms with Crippen LogP contribution in [0.4, 0.5) is 0 Å². The van der Waals surface area contributed by atoms with Crippen molar-refractivity contribution < 1.29 is 0 Å². The predicted octanol–water partition coefficient (Wildman–Crippen LogP) is 3.01. The van der Waals surface area contributed by atoms with Gasteiger partial charge in [-0.2, -0.15) is 0 Å². The molecule has 0 atom stereocenters. The van der Waals surface area contributed by atoms with Crippen molar-refractivity contribution in [1.82, 2.24) is 4.98 Å². The van der Waals surface area contributed by atoms with Crippen LogP contribution in [0.1, 0.15) is 29.7 Å². The number of aromatic nitrogens is 1. The van der Waals surface area contributed by atoms with Crippen LogP contribution in [0.15, 0.2) is 6.20 Å². The third-order valence-electron chi connectivity index (χ3n) is 1.20. The molecule has 0 amide bonds. The molecule has 56 valence electrons. The number of hydrogen-bond donors (Lipinski definition) is 0. The van der Waals surface area contributed by atoms with Gasteiger partial charge in [0.25, 0.3) is 0 Å². The van der Waals surface area contributed by atoms with E-state index in [0.717, 1.165) is 4.88 Å². The molecule has 0 radical (unpaired) electrons. The van der Waals surface area contributed by atoms with Crippen molar-refractivity contribution in [2.45, 2.75) is 25.6 Å². The minimum atomic E-state index is 0.530. The maximum absolute atomic E-state index is 5.62. The molecule has 1 nitrogen and oxygen atoms in total. The fourth-order valence-corrected chi connectivity index (χ4v) is 1.65. The maximum Gasteiger partial charge on any atom is 0.0953 e. The van der Waals surface area contributed by atoms with Crippen LogP contribution in [0.5, 0.6) is 0 Å². The summed E-state index contributed by atoms with van der Waals surface area (Å²) in [6, 6.07) is 0. The minimum absolute atomic E-state index is 0.530. The van der Waals surface area contributed by atoms with E-state index in [4.69, 9.17) is 11.6 Å². The first-order valence-corrected chi connectivity index (χ1v) is 4.59. The topological polar surface area (TPSA) is 12.9 Å². The largest absolute Gasteiger partial charge is 0.249 e. The highest BCUT2D eigenvalue weighted by molar-refractivity contribution is 7.11. The molecule has 0 unspecified atom stereocenters. The summed E-state index contributed by atoms with van der Waals surface area (Å²) in [6.07, 6.45) is 1.85. The summed E-state index contributed by atoms with van der Waals surface area (Å²) in [5, 5.41) is 1.18. The van der Waals surface area contributed by atoms with Gasteiger partial charge in [-0.15, -0.1) is 22.9 Å². The molecule has 3 heteroatoms. The lowest BCUT2D eigenvalue weighted by Crippen LogP contribution is -1.81. The van der Waals surface area contributed by atoms with Gasteiger partial charge >= 0.3 is 0 Å². The first kappa shape index (κ1) is 8.02. The average Bonchev–Trinajstić information content (AvgIpc) is 2.34. The number of hydrogen-bond acceptors (Lipinski definition) is 2. The molecule has 0 aliphatic carbocycles. The number of nitrogens with zero attached hydrogens (tertiary/aromatic N) is 1. The van der Waals surface area contributed by atoms with Gasteiger partial charge in [0, 0.05) is 17.0 Å². The number of halogens is 1. The molecule has 0 fully saturated rings. The maximum atomic E-state index is 5.62. The van der Waals surface area contributed by atoms with Gasteiger partial charge in [-0.3, -0.25) is 0 Å². The van der Waals surface area contributed by atoms with Crippen LogP contribution >= 0.6 is 22.9 Å². The van der Waals surface area contributed by atoms with E-state index in [1.165, 1.54) is 5.01 Å². The van der Waals surface area contributed by atoms with Crippen molar-refractivity contribution in [3.63, 3.8) is 0 Å². The molecule has 0 bridgehead atoms. The zero-order valence-electron chi connectivity index (χ0n) is 6.10. The van der Waals surface area contributed by atoms with E-state index in [9.17, 15) is 0 Å². The quantitative estimate of drug-likeness (QED) is 0.630. The predicted molar refractivity (Wildman–Crippen MR) is 45.8 cm³/mol. The summed E-state index contributed by atoms with van der Waals surface area (Å²) in [4.78, 5) is 5.38. The van der Waals surface area contributed by atoms with Crippen LogP contribution in [0.3, 0.4) is 0 Å². The van der Waals surface area contributed by atoms with Crippen molar-refractivity contribution in [3.05, 3.63) is 16.1 Å². The lowest BCUT2D eigenvalue weighted by atomic mass is 10.2. The monoisotopic (exact) mass is 175 g/mol. The van der Waals surface area contributed by atoms with Crippen molar-refractivity contribution in [2.24, 2.45) is 0 Å². The number of alkyl halides is 1. The Morgan fingerprint density at radius 3 is 2.70 bits per heavy atom. The Morgan fingerprint density at radius 2 is 2.40 bits per heavy atom. The zero-order valence-corrected chi connectivity index (χ0v) is 7.67. The van der Waals surface area contributed by atoms with Gasteiger partial charge in [0.1, 0.15) is 0 Å². The Morgan fingerprint density at radius 1 is 1.70 bits per heavy atom. The summed E-state index contributed by atoms with van der Waals surface area (Å²) in [5.74, 6) is 1.12. The van der Waals surface area contributed by atoms with Crippen LogP contribution in [0.2, 0.25) is 0 Å². The molecule has 1 rings (SSSR count). The van der Waals surface area contributed by atoms with E-state index in [1.807, 2.05) is 6.20 Å². The Kier molecular flexibility index (Phi) is 2.69. The van der Waals surface area contributed by atoms with E-state index in [0.29, 0.717) is 11.8 Å². The van der Waals surface area contributed by atoms with Crippen LogP contribution < -0.4 is 0 Å². The van der Waals surface area contributed by atoms with Gasteiger partial charge in [-0.05, 0) is 0 Å². The molecule has 1 heterocycles. The van der Waals surface area contributed by atoms with Gasteiger partial charge in [0.05, 0.1) is 10.9 Å². The standard InChI is InChI=1S/C7H10ClNS/c1-5(2)7-9-4-6(3-8)10-7/h4-5H,3H2,1-2H3. The van der Waals surface area contributed by atoms with Gasteiger partial charge in [-0.1, -0.05) is 13.8 Å². The molecule has 0 N–H and O–H groups in total. The van der Waals surface area contributed by atoms with Crippen LogP contribution in [0, 0.1) is 0 Å². The Hall–Kier alpha value is -0.0800. The highest BCUT2D eigenvalue weighted by Gasteiger charge is 2.03. The van der Waals surface area contributed by atoms with E-state index in [-0.39, 0.29) is 0 Å². The second kappa shape index (κ2) is 3.35. The van der Waals surface area contributed by atoms with E-state index in [1.54, 1.807) is 11.3 Å². The SMILES string of the molecule is CC(C)c1ncc(CCl)s1. The lowest BCUT2D eigenvalue weighted by molar-refractivity contribution is 0.852. The van der Waals surface area contributed by atoms with Crippen molar-refractivity contribution >= 4 is 22.9 Å². The smallest absolute Gasteiger partial charge is 0.0953 e. The molecule has 0 saturated carbocycles. The van der Waals surface area contributed by atoms with Crippen molar-refractivity contribution in [3.8, 4) is 0 Å². The van der Waals surface area contributed by atoms with Crippen LogP contribution in [0.25, 0.3) is 0 Å². The average molecular weight is 176 g/mol. The second-order valence-electron chi connectivity index (χ2n) is 2.45. The van der Waals surface area contributed by atoms with Gasteiger partial charge in [0.2, 0.25) is 0 Å². The third-order valence-corrected chi connectivity index (χ3v) is 2.94. The fourth-order valence-electron chi connectivity index (χ4n) is 0.651. The summed E-state index contributed by atoms with van der Waals surface area (Å²) >= 11 is 7.31. The number of thiazole rings is 1. The molecule has 0 aliphatic rings. The summed E-state index contributed by atoms with van der Waals surface area (Å²) in [6.45, 7) is 4.27. The Bertz CT molecular complexity index is 207. The molecular weight excluding hydrogens is 166 g/mol. The molecule has 1 aromatic heterocycles. The summed E-state index contributed by atoms with van der Waals surface area (Å²) in [7, 11) is 0. The van der Waals surface area contributed by atoms with Gasteiger partial charge in [0.15, 0.2) is 0 Å². The van der Waals surface area contributed by atoms with Gasteiger partial charge in [-0.25, -0.2) is 4.98 Å². The Balaban J connectivity index is 2.78. The molecule has 1 aromatic rings. The lowest BCUT2D eigenvalue weighted by Gasteiger charge is -1.94. The van der Waals surface area contributed by atoms with Crippen molar-refractivity contribution in [2.75, 3.05) is 0 Å². The first-order valence-electron chi connectivity index (χ1n) is 3.24. The third kappa shape index (κ3) is 1.70. The molecular formula is C7H10ClNS. The molecule has 0 aliphatic heterocycles. The summed E-state index contributed by atoms with van der Waals surface area (Å²) < 4.78 is 0. The second-order valence-corrected chi connectivity index (χ2v) is 3.87. The van der Waals surface area contributed by atoms with E-state index in [2.05, 4.69) is 18.8 Å². The van der Waals surface area contributed by atoms with Gasteiger partial charge < -0.3 is 0 Å². The highest BCUT2D eigenvalue weighted by atomic mass is 35.5. The fraction of sp³-hybridized carbons (Fsp3) is 0.571. The highest BCUT2D eigenvalue weighted by Crippen LogP contribution is 2.21. The summed E-state index contributed by atoms with van der Waals surface area (Å²) in [5.41, 5.74) is 0. The Labute approximate surface area is 70.1 Å². The van der Waals surface area contributed by atoms with Crippen LogP contribution in [-0.2, 0) is 5.88 Å². The first-order chi connectivity index (χ1) is 4.74. The molecule has 0 aromatic carbocycles. The molecule has 0 saturated heterocycles. The van der Waals surface area contributed by atoms with Crippen LogP contribution in [-0.4, -0.2) is 4.98 Å². The van der Waals surface area contributed by atoms with E-state index >= 15 is 0 Å². The normalized spacial score (nSPS) is 10.8. The molecule has 10 heavy (non-hydrogen) atoms. The van der Waals surface area contributed by atoms with E-state index < -0.39 is 0 Å². The van der Waals surface area contributed by atoms with Crippen molar-refractivity contribution in [1.29, 1.82) is 0 Å². The zero-order chi connectivity index (χ0) is 7.56. The minimum Gasteiger partial charge on any atom is -0.249 e. The number of rotatable bonds is 2.